The summed E-state index contributed by atoms with van der Waals surface area (Å²) in [7, 11) is 0. The zero-order valence-corrected chi connectivity index (χ0v) is 13.2. The number of rotatable bonds is 2. The monoisotopic (exact) mass is 297 g/mol. The van der Waals surface area contributed by atoms with E-state index in [-0.39, 0.29) is 0 Å². The van der Waals surface area contributed by atoms with Gasteiger partial charge in [-0.2, -0.15) is 0 Å². The van der Waals surface area contributed by atoms with E-state index in [1.54, 1.807) is 0 Å². The molecule has 2 heterocycles. The molecule has 0 spiro atoms. The van der Waals surface area contributed by atoms with Gasteiger partial charge in [0.05, 0.1) is 35.1 Å². The smallest absolute Gasteiger partial charge is 0.0890 e. The van der Waals surface area contributed by atoms with E-state index in [1.807, 2.05) is 24.3 Å². The average Bonchev–Trinajstić information content (AvgIpc) is 2.56. The molecule has 1 aromatic heterocycles. The Hall–Kier alpha value is -1.52. The van der Waals surface area contributed by atoms with Gasteiger partial charge in [0.25, 0.3) is 0 Å². The van der Waals surface area contributed by atoms with Crippen LogP contribution in [-0.4, -0.2) is 40.2 Å². The second-order valence-corrected chi connectivity index (χ2v) is 6.48. The minimum atomic E-state index is 0.427. The highest BCUT2D eigenvalue weighted by molar-refractivity contribution is 5.74. The molecule has 1 saturated heterocycles. The number of para-hydroxylation sites is 2. The normalized spacial score (nSPS) is 26.0. The van der Waals surface area contributed by atoms with E-state index in [4.69, 9.17) is 14.7 Å². The lowest BCUT2D eigenvalue weighted by Gasteiger charge is -2.43. The van der Waals surface area contributed by atoms with Gasteiger partial charge in [0, 0.05) is 19.1 Å². The molecule has 2 fully saturated rings. The molecule has 1 aliphatic heterocycles. The van der Waals surface area contributed by atoms with Crippen LogP contribution < -0.4 is 0 Å². The predicted molar refractivity (Wildman–Crippen MR) is 86.7 cm³/mol. The summed E-state index contributed by atoms with van der Waals surface area (Å²) in [5.41, 5.74) is 4.15. The summed E-state index contributed by atoms with van der Waals surface area (Å²) >= 11 is 0. The molecule has 4 nitrogen and oxygen atoms in total. The van der Waals surface area contributed by atoms with Crippen molar-refractivity contribution in [1.29, 1.82) is 0 Å². The van der Waals surface area contributed by atoms with Crippen LogP contribution in [0.15, 0.2) is 24.3 Å². The van der Waals surface area contributed by atoms with Crippen LogP contribution in [0.2, 0.25) is 0 Å². The van der Waals surface area contributed by atoms with Crippen molar-refractivity contribution in [1.82, 2.24) is 14.9 Å². The first-order valence-corrected chi connectivity index (χ1v) is 8.39. The van der Waals surface area contributed by atoms with Gasteiger partial charge in [0.15, 0.2) is 0 Å². The molecule has 4 heteroatoms. The van der Waals surface area contributed by atoms with Crippen LogP contribution in [0.3, 0.4) is 0 Å². The lowest BCUT2D eigenvalue weighted by Crippen LogP contribution is -2.52. The quantitative estimate of drug-likeness (QED) is 0.854. The van der Waals surface area contributed by atoms with Gasteiger partial charge < -0.3 is 4.74 Å². The third-order valence-electron chi connectivity index (χ3n) is 5.04. The maximum atomic E-state index is 5.97. The van der Waals surface area contributed by atoms with E-state index in [1.165, 1.54) is 25.7 Å². The number of benzene rings is 1. The highest BCUT2D eigenvalue weighted by Crippen LogP contribution is 2.29. The predicted octanol–water partition coefficient (Wildman–Crippen LogP) is 3.08. The van der Waals surface area contributed by atoms with Crippen molar-refractivity contribution >= 4 is 11.0 Å². The van der Waals surface area contributed by atoms with Crippen LogP contribution in [0.25, 0.3) is 11.0 Å². The number of hydrogen-bond donors (Lipinski definition) is 0. The summed E-state index contributed by atoms with van der Waals surface area (Å²) in [6, 6.07) is 8.70. The molecule has 0 bridgehead atoms. The largest absolute Gasteiger partial charge is 0.375 e. The molecule has 0 N–H and O–H groups in total. The highest BCUT2D eigenvalue weighted by Gasteiger charge is 2.34. The number of fused-ring (bicyclic) bond motifs is 2. The summed E-state index contributed by atoms with van der Waals surface area (Å²) in [6.45, 7) is 4.83. The van der Waals surface area contributed by atoms with Gasteiger partial charge in [-0.25, -0.2) is 9.97 Å². The van der Waals surface area contributed by atoms with Crippen LogP contribution in [-0.2, 0) is 11.3 Å². The zero-order valence-electron chi connectivity index (χ0n) is 13.2. The van der Waals surface area contributed by atoms with E-state index in [9.17, 15) is 0 Å². The number of aromatic nitrogens is 2. The highest BCUT2D eigenvalue weighted by atomic mass is 16.5. The van der Waals surface area contributed by atoms with Gasteiger partial charge in [-0.05, 0) is 31.9 Å². The standard InChI is InChI=1S/C18H23N3O/c1-13-16(20-15-7-3-2-6-14(15)19-13)12-21-10-11-22-18-9-5-4-8-17(18)21/h2-3,6-7,17-18H,4-5,8-12H2,1H3/t17-,18-/m1/s1. The first-order chi connectivity index (χ1) is 10.8. The molecule has 0 radical (unpaired) electrons. The Morgan fingerprint density at radius 3 is 2.77 bits per heavy atom. The van der Waals surface area contributed by atoms with Crippen LogP contribution >= 0.6 is 0 Å². The Morgan fingerprint density at radius 2 is 1.91 bits per heavy atom. The van der Waals surface area contributed by atoms with Crippen molar-refractivity contribution in [3.8, 4) is 0 Å². The van der Waals surface area contributed by atoms with Crippen molar-refractivity contribution in [3.63, 3.8) is 0 Å². The number of ether oxygens (including phenoxy) is 1. The topological polar surface area (TPSA) is 38.2 Å². The third kappa shape index (κ3) is 2.61. The lowest BCUT2D eigenvalue weighted by molar-refractivity contribution is -0.0915. The fraction of sp³-hybridized carbons (Fsp3) is 0.556. The number of nitrogens with zero attached hydrogens (tertiary/aromatic N) is 3. The van der Waals surface area contributed by atoms with E-state index >= 15 is 0 Å². The van der Waals surface area contributed by atoms with E-state index in [2.05, 4.69) is 11.8 Å². The van der Waals surface area contributed by atoms with Crippen molar-refractivity contribution < 1.29 is 4.74 Å². The van der Waals surface area contributed by atoms with Gasteiger partial charge in [0.1, 0.15) is 0 Å². The number of morpholine rings is 1. The molecular formula is C18H23N3O. The average molecular weight is 297 g/mol. The molecule has 2 aliphatic rings. The Bertz CT molecular complexity index is 670. The molecular weight excluding hydrogens is 274 g/mol. The Kier molecular flexibility index (Phi) is 3.80. The van der Waals surface area contributed by atoms with Crippen molar-refractivity contribution in [3.05, 3.63) is 35.7 Å². The fourth-order valence-corrected chi connectivity index (χ4v) is 3.84. The molecule has 4 rings (SSSR count). The van der Waals surface area contributed by atoms with Crippen LogP contribution in [0.4, 0.5) is 0 Å². The summed E-state index contributed by atoms with van der Waals surface area (Å²) < 4.78 is 5.97. The molecule has 1 saturated carbocycles. The van der Waals surface area contributed by atoms with Gasteiger partial charge >= 0.3 is 0 Å². The van der Waals surface area contributed by atoms with E-state index in [0.29, 0.717) is 12.1 Å². The number of aryl methyl sites for hydroxylation is 1. The number of hydrogen-bond acceptors (Lipinski definition) is 4. The fourth-order valence-electron chi connectivity index (χ4n) is 3.84. The van der Waals surface area contributed by atoms with Crippen molar-refractivity contribution in [2.75, 3.05) is 13.2 Å². The lowest BCUT2D eigenvalue weighted by atomic mass is 9.90. The Labute approximate surface area is 131 Å². The van der Waals surface area contributed by atoms with Gasteiger partial charge in [-0.15, -0.1) is 0 Å². The Morgan fingerprint density at radius 1 is 1.14 bits per heavy atom. The van der Waals surface area contributed by atoms with Crippen LogP contribution in [0, 0.1) is 6.92 Å². The molecule has 22 heavy (non-hydrogen) atoms. The summed E-state index contributed by atoms with van der Waals surface area (Å²) in [5, 5.41) is 0. The minimum Gasteiger partial charge on any atom is -0.375 e. The summed E-state index contributed by atoms with van der Waals surface area (Å²) in [6.07, 6.45) is 5.53. The molecule has 0 amide bonds. The van der Waals surface area contributed by atoms with E-state index < -0.39 is 0 Å². The second kappa shape index (κ2) is 5.94. The molecule has 1 aliphatic carbocycles. The first kappa shape index (κ1) is 14.1. The van der Waals surface area contributed by atoms with Gasteiger partial charge in [0.2, 0.25) is 0 Å². The van der Waals surface area contributed by atoms with Crippen LogP contribution in [0.1, 0.15) is 37.1 Å². The van der Waals surface area contributed by atoms with Gasteiger partial charge in [-0.3, -0.25) is 4.90 Å². The molecule has 116 valence electrons. The minimum absolute atomic E-state index is 0.427. The second-order valence-electron chi connectivity index (χ2n) is 6.48. The summed E-state index contributed by atoms with van der Waals surface area (Å²) in [5.74, 6) is 0. The molecule has 1 aromatic carbocycles. The third-order valence-corrected chi connectivity index (χ3v) is 5.04. The zero-order chi connectivity index (χ0) is 14.9. The summed E-state index contributed by atoms with van der Waals surface area (Å²) in [4.78, 5) is 12.2. The maximum absolute atomic E-state index is 5.97. The molecule has 0 unspecified atom stereocenters. The maximum Gasteiger partial charge on any atom is 0.0890 e. The Balaban J connectivity index is 1.60. The van der Waals surface area contributed by atoms with Crippen molar-refractivity contribution in [2.45, 2.75) is 51.3 Å². The molecule has 2 atom stereocenters. The SMILES string of the molecule is Cc1nc2ccccc2nc1CN1CCO[C@@H]2CCCC[C@H]21. The molecule has 2 aromatic rings. The van der Waals surface area contributed by atoms with E-state index in [0.717, 1.165) is 42.1 Å². The van der Waals surface area contributed by atoms with Crippen LogP contribution in [0.5, 0.6) is 0 Å². The van der Waals surface area contributed by atoms with Crippen molar-refractivity contribution in [2.24, 2.45) is 0 Å². The first-order valence-electron chi connectivity index (χ1n) is 8.39. The van der Waals surface area contributed by atoms with Gasteiger partial charge in [-0.1, -0.05) is 25.0 Å².